The van der Waals surface area contributed by atoms with Gasteiger partial charge in [-0.05, 0) is 58.7 Å². The molecule has 5 aromatic rings. The topological polar surface area (TPSA) is 67.8 Å². The molecule has 31 heavy (non-hydrogen) atoms. The van der Waals surface area contributed by atoms with Crippen LogP contribution in [0.5, 0.6) is 0 Å². The van der Waals surface area contributed by atoms with E-state index in [1.807, 2.05) is 49.4 Å². The van der Waals surface area contributed by atoms with Crippen molar-refractivity contribution < 1.29 is 8.42 Å². The van der Waals surface area contributed by atoms with E-state index in [1.165, 1.54) is 15.7 Å². The zero-order valence-electron chi connectivity index (χ0n) is 16.5. The molecule has 156 valence electrons. The Bertz CT molecular complexity index is 1520. The van der Waals surface area contributed by atoms with Gasteiger partial charge < -0.3 is 4.98 Å². The lowest BCUT2D eigenvalue weighted by molar-refractivity contribution is 0.588. The summed E-state index contributed by atoms with van der Waals surface area (Å²) in [5, 5.41) is 1.61. The molecule has 0 fully saturated rings. The van der Waals surface area contributed by atoms with Crippen molar-refractivity contribution in [2.24, 2.45) is 0 Å². The van der Waals surface area contributed by atoms with Gasteiger partial charge in [0.25, 0.3) is 10.0 Å². The van der Waals surface area contributed by atoms with Crippen LogP contribution in [-0.2, 0) is 15.8 Å². The molecule has 0 aliphatic carbocycles. The zero-order chi connectivity index (χ0) is 21.6. The minimum absolute atomic E-state index is 0.258. The van der Waals surface area contributed by atoms with Gasteiger partial charge in [-0.2, -0.15) is 0 Å². The molecule has 0 atom stereocenters. The molecule has 0 radical (unpaired) electrons. The molecule has 5 nitrogen and oxygen atoms in total. The molecule has 0 aliphatic rings. The molecular formula is C23H18BrN3O2S2. The van der Waals surface area contributed by atoms with Crippen LogP contribution in [0.3, 0.4) is 0 Å². The summed E-state index contributed by atoms with van der Waals surface area (Å²) < 4.78 is 29.4. The number of halogens is 1. The summed E-state index contributed by atoms with van der Waals surface area (Å²) in [5.74, 6) is 0.431. The Morgan fingerprint density at radius 2 is 1.77 bits per heavy atom. The Morgan fingerprint density at radius 1 is 1.03 bits per heavy atom. The summed E-state index contributed by atoms with van der Waals surface area (Å²) in [6.45, 7) is 2.04. The van der Waals surface area contributed by atoms with E-state index >= 15 is 0 Å². The lowest BCUT2D eigenvalue weighted by Gasteiger charge is -2.12. The van der Waals surface area contributed by atoms with Crippen LogP contribution >= 0.6 is 27.7 Å². The molecule has 2 aromatic heterocycles. The summed E-state index contributed by atoms with van der Waals surface area (Å²) in [6, 6.07) is 22.1. The zero-order valence-corrected chi connectivity index (χ0v) is 19.8. The van der Waals surface area contributed by atoms with E-state index in [9.17, 15) is 8.42 Å². The predicted molar refractivity (Wildman–Crippen MR) is 129 cm³/mol. The van der Waals surface area contributed by atoms with Gasteiger partial charge in [-0.3, -0.25) is 0 Å². The van der Waals surface area contributed by atoms with Crippen molar-refractivity contribution in [3.05, 3.63) is 88.5 Å². The van der Waals surface area contributed by atoms with Gasteiger partial charge in [0, 0.05) is 15.6 Å². The molecule has 3 aromatic carbocycles. The van der Waals surface area contributed by atoms with E-state index in [1.54, 1.807) is 24.3 Å². The number of H-pyrrole nitrogens is 1. The molecule has 8 heteroatoms. The Balaban J connectivity index is 1.61. The van der Waals surface area contributed by atoms with Crippen LogP contribution in [-0.4, -0.2) is 22.4 Å². The molecule has 0 aliphatic heterocycles. The van der Waals surface area contributed by atoms with Gasteiger partial charge >= 0.3 is 0 Å². The third-order valence-electron chi connectivity index (χ3n) is 5.10. The van der Waals surface area contributed by atoms with Gasteiger partial charge in [0.15, 0.2) is 5.16 Å². The molecular weight excluding hydrogens is 494 g/mol. The fourth-order valence-corrected chi connectivity index (χ4v) is 7.13. The molecule has 2 heterocycles. The number of aryl methyl sites for hydroxylation is 1. The normalized spacial score (nSPS) is 12.1. The second kappa shape index (κ2) is 7.85. The molecule has 0 saturated carbocycles. The quantitative estimate of drug-likeness (QED) is 0.288. The lowest BCUT2D eigenvalue weighted by atomic mass is 10.2. The highest BCUT2D eigenvalue weighted by atomic mass is 79.9. The average molecular weight is 512 g/mol. The monoisotopic (exact) mass is 511 g/mol. The van der Waals surface area contributed by atoms with Gasteiger partial charge in [-0.15, -0.1) is 0 Å². The van der Waals surface area contributed by atoms with E-state index in [-0.39, 0.29) is 4.90 Å². The first kappa shape index (κ1) is 20.4. The van der Waals surface area contributed by atoms with Gasteiger partial charge in [0.1, 0.15) is 0 Å². The third-order valence-corrected chi connectivity index (χ3v) is 8.64. The van der Waals surface area contributed by atoms with Gasteiger partial charge in [-0.25, -0.2) is 17.4 Å². The van der Waals surface area contributed by atoms with Gasteiger partial charge in [0.2, 0.25) is 0 Å². The molecule has 0 spiro atoms. The van der Waals surface area contributed by atoms with Crippen molar-refractivity contribution >= 4 is 59.7 Å². The van der Waals surface area contributed by atoms with Crippen molar-refractivity contribution in [3.63, 3.8) is 0 Å². The van der Waals surface area contributed by atoms with Crippen LogP contribution in [0.4, 0.5) is 0 Å². The number of aromatic nitrogens is 3. The number of fused-ring (bicyclic) bond motifs is 2. The van der Waals surface area contributed by atoms with E-state index in [2.05, 4.69) is 32.0 Å². The minimum atomic E-state index is -3.77. The number of imidazole rings is 1. The van der Waals surface area contributed by atoms with Crippen LogP contribution in [0.2, 0.25) is 0 Å². The number of hydrogen-bond donors (Lipinski definition) is 1. The molecule has 0 unspecified atom stereocenters. The first-order chi connectivity index (χ1) is 14.9. The summed E-state index contributed by atoms with van der Waals surface area (Å²) in [5.41, 5.74) is 4.34. The molecule has 0 saturated heterocycles. The molecule has 0 amide bonds. The summed E-state index contributed by atoms with van der Waals surface area (Å²) in [4.78, 5) is 8.22. The maximum absolute atomic E-state index is 13.6. The minimum Gasteiger partial charge on any atom is -0.333 e. The molecule has 1 N–H and O–H groups in total. The van der Waals surface area contributed by atoms with Crippen LogP contribution in [0, 0.1) is 6.92 Å². The van der Waals surface area contributed by atoms with Crippen LogP contribution in [0.25, 0.3) is 21.9 Å². The Labute approximate surface area is 192 Å². The second-order valence-electron chi connectivity index (χ2n) is 7.21. The van der Waals surface area contributed by atoms with Crippen molar-refractivity contribution in [2.75, 3.05) is 0 Å². The highest BCUT2D eigenvalue weighted by Crippen LogP contribution is 2.37. The Hall–Kier alpha value is -2.55. The van der Waals surface area contributed by atoms with Gasteiger partial charge in [0.05, 0.1) is 27.1 Å². The highest BCUT2D eigenvalue weighted by molar-refractivity contribution is 9.10. The number of hydrogen-bond acceptors (Lipinski definition) is 4. The average Bonchev–Trinajstić information content (AvgIpc) is 3.31. The van der Waals surface area contributed by atoms with E-state index in [0.717, 1.165) is 31.6 Å². The van der Waals surface area contributed by atoms with E-state index in [4.69, 9.17) is 0 Å². The van der Waals surface area contributed by atoms with Crippen LogP contribution in [0.15, 0.2) is 87.3 Å². The number of para-hydroxylation sites is 1. The fraction of sp³-hybridized carbons (Fsp3) is 0.0870. The number of benzene rings is 3. The lowest BCUT2D eigenvalue weighted by Crippen LogP contribution is -2.15. The van der Waals surface area contributed by atoms with Crippen molar-refractivity contribution in [2.45, 2.75) is 22.7 Å². The summed E-state index contributed by atoms with van der Waals surface area (Å²) >= 11 is 5.13. The number of nitrogens with zero attached hydrogens (tertiary/aromatic N) is 2. The number of aromatic amines is 1. The number of thioether (sulfide) groups is 1. The Kier molecular flexibility index (Phi) is 5.16. The number of rotatable bonds is 5. The standard InChI is InChI=1S/C23H18BrN3O2S2/c1-15-11-12-18-19(13-15)26-23(25-18)30-14-21-22(24)17-9-5-6-10-20(17)27(21)31(28,29)16-7-3-2-4-8-16/h2-13H,14H2,1H3,(H,25,26). The van der Waals surface area contributed by atoms with Gasteiger partial charge in [-0.1, -0.05) is 54.2 Å². The summed E-state index contributed by atoms with van der Waals surface area (Å²) in [7, 11) is -3.77. The fourth-order valence-electron chi connectivity index (χ4n) is 3.63. The largest absolute Gasteiger partial charge is 0.333 e. The maximum atomic E-state index is 13.6. The first-order valence-electron chi connectivity index (χ1n) is 9.63. The molecule has 5 rings (SSSR count). The maximum Gasteiger partial charge on any atom is 0.268 e. The third kappa shape index (κ3) is 3.58. The van der Waals surface area contributed by atoms with E-state index in [0.29, 0.717) is 17.0 Å². The first-order valence-corrected chi connectivity index (χ1v) is 12.8. The SMILES string of the molecule is Cc1ccc2nc(SCc3c(Br)c4ccccc4n3S(=O)(=O)c3ccccc3)[nH]c2c1. The highest BCUT2D eigenvalue weighted by Gasteiger charge is 2.26. The predicted octanol–water partition coefficient (Wildman–Crippen LogP) is 6.12. The van der Waals surface area contributed by atoms with Crippen LogP contribution in [0.1, 0.15) is 11.3 Å². The Morgan fingerprint density at radius 3 is 2.58 bits per heavy atom. The molecule has 0 bridgehead atoms. The van der Waals surface area contributed by atoms with E-state index < -0.39 is 10.0 Å². The van der Waals surface area contributed by atoms with Crippen molar-refractivity contribution in [1.82, 2.24) is 13.9 Å². The number of nitrogens with one attached hydrogen (secondary N) is 1. The summed E-state index contributed by atoms with van der Waals surface area (Å²) in [6.07, 6.45) is 0. The van der Waals surface area contributed by atoms with Crippen LogP contribution < -0.4 is 0 Å². The smallest absolute Gasteiger partial charge is 0.268 e. The second-order valence-corrected chi connectivity index (χ2v) is 10.8. The van der Waals surface area contributed by atoms with Crippen molar-refractivity contribution in [3.8, 4) is 0 Å². The van der Waals surface area contributed by atoms with Crippen molar-refractivity contribution in [1.29, 1.82) is 0 Å².